The van der Waals surface area contributed by atoms with E-state index in [1.54, 1.807) is 12.1 Å². The molecule has 1 N–H and O–H groups in total. The van der Waals surface area contributed by atoms with Gasteiger partial charge in [0, 0.05) is 17.5 Å². The van der Waals surface area contributed by atoms with E-state index in [0.717, 1.165) is 35.1 Å². The van der Waals surface area contributed by atoms with E-state index in [-0.39, 0.29) is 5.82 Å². The molecule has 0 unspecified atom stereocenters. The van der Waals surface area contributed by atoms with Gasteiger partial charge in [-0.25, -0.2) is 14.4 Å². The van der Waals surface area contributed by atoms with E-state index in [9.17, 15) is 4.39 Å². The molecule has 4 nitrogen and oxygen atoms in total. The molecule has 5 heteroatoms. The first-order chi connectivity index (χ1) is 13.7. The van der Waals surface area contributed by atoms with E-state index in [1.807, 2.05) is 48.5 Å². The van der Waals surface area contributed by atoms with E-state index in [4.69, 9.17) is 9.72 Å². The van der Waals surface area contributed by atoms with Crippen LogP contribution in [0.3, 0.4) is 0 Å². The number of nitrogens with zero attached hydrogens (tertiary/aromatic N) is 2. The summed E-state index contributed by atoms with van der Waals surface area (Å²) in [6.45, 7) is 2.93. The lowest BCUT2D eigenvalue weighted by atomic mass is 10.1. The molecule has 0 spiro atoms. The Morgan fingerprint density at radius 3 is 2.25 bits per heavy atom. The van der Waals surface area contributed by atoms with Crippen LogP contribution in [-0.4, -0.2) is 16.5 Å². The highest BCUT2D eigenvalue weighted by atomic mass is 19.1. The molecule has 0 bridgehead atoms. The molecule has 0 saturated heterocycles. The predicted octanol–water partition coefficient (Wildman–Crippen LogP) is 6.05. The van der Waals surface area contributed by atoms with Gasteiger partial charge in [0.2, 0.25) is 5.95 Å². The quantitative estimate of drug-likeness (QED) is 0.447. The zero-order valence-corrected chi connectivity index (χ0v) is 15.5. The van der Waals surface area contributed by atoms with Crippen molar-refractivity contribution < 1.29 is 9.13 Å². The number of ether oxygens (including phenoxy) is 1. The lowest BCUT2D eigenvalue weighted by molar-refractivity contribution is 0.480. The third-order valence-corrected chi connectivity index (χ3v) is 4.31. The topological polar surface area (TPSA) is 47.0 Å². The Balaban J connectivity index is 1.66. The Labute approximate surface area is 163 Å². The lowest BCUT2D eigenvalue weighted by Crippen LogP contribution is -2.05. The van der Waals surface area contributed by atoms with Gasteiger partial charge in [0.15, 0.2) is 0 Å². The summed E-state index contributed by atoms with van der Waals surface area (Å²) in [6.07, 6.45) is 1.00. The first-order valence-electron chi connectivity index (χ1n) is 9.27. The Morgan fingerprint density at radius 2 is 1.54 bits per heavy atom. The summed E-state index contributed by atoms with van der Waals surface area (Å²) in [5.41, 5.74) is 2.75. The zero-order valence-electron chi connectivity index (χ0n) is 15.5. The second-order valence-corrected chi connectivity index (χ2v) is 6.42. The first-order valence-corrected chi connectivity index (χ1v) is 9.27. The third-order valence-electron chi connectivity index (χ3n) is 4.31. The van der Waals surface area contributed by atoms with Crippen molar-refractivity contribution in [1.82, 2.24) is 9.97 Å². The SMILES string of the molecule is CCCNc1nc(-c2ccc(Oc3ccc(F)cc3)cc2)c2ccccc2n1. The van der Waals surface area contributed by atoms with Crippen LogP contribution in [0.15, 0.2) is 72.8 Å². The smallest absolute Gasteiger partial charge is 0.223 e. The van der Waals surface area contributed by atoms with Crippen molar-refractivity contribution in [2.45, 2.75) is 13.3 Å². The molecule has 4 aromatic rings. The maximum absolute atomic E-state index is 13.0. The molecule has 1 aromatic heterocycles. The second-order valence-electron chi connectivity index (χ2n) is 6.42. The van der Waals surface area contributed by atoms with Gasteiger partial charge in [0.1, 0.15) is 17.3 Å². The van der Waals surface area contributed by atoms with Crippen LogP contribution >= 0.6 is 0 Å². The molecule has 0 aliphatic rings. The van der Waals surface area contributed by atoms with Gasteiger partial charge in [-0.3, -0.25) is 0 Å². The van der Waals surface area contributed by atoms with E-state index >= 15 is 0 Å². The summed E-state index contributed by atoms with van der Waals surface area (Å²) in [7, 11) is 0. The van der Waals surface area contributed by atoms with Crippen molar-refractivity contribution >= 4 is 16.9 Å². The summed E-state index contributed by atoms with van der Waals surface area (Å²) < 4.78 is 18.8. The van der Waals surface area contributed by atoms with Crippen LogP contribution in [0.25, 0.3) is 22.2 Å². The number of halogens is 1. The van der Waals surface area contributed by atoms with Crippen molar-refractivity contribution in [2.75, 3.05) is 11.9 Å². The summed E-state index contributed by atoms with van der Waals surface area (Å²) in [5.74, 6) is 1.61. The van der Waals surface area contributed by atoms with Crippen LogP contribution in [-0.2, 0) is 0 Å². The fourth-order valence-corrected chi connectivity index (χ4v) is 2.93. The number of anilines is 1. The maximum Gasteiger partial charge on any atom is 0.223 e. The van der Waals surface area contributed by atoms with Gasteiger partial charge < -0.3 is 10.1 Å². The molecule has 0 aliphatic heterocycles. The Bertz CT molecular complexity index is 1080. The van der Waals surface area contributed by atoms with E-state index in [0.29, 0.717) is 17.4 Å². The molecule has 0 saturated carbocycles. The highest BCUT2D eigenvalue weighted by molar-refractivity contribution is 5.93. The van der Waals surface area contributed by atoms with E-state index in [1.165, 1.54) is 12.1 Å². The molecule has 140 valence electrons. The minimum absolute atomic E-state index is 0.286. The molecular formula is C23H20FN3O. The van der Waals surface area contributed by atoms with Crippen molar-refractivity contribution in [3.05, 3.63) is 78.6 Å². The monoisotopic (exact) mass is 373 g/mol. The van der Waals surface area contributed by atoms with E-state index in [2.05, 4.69) is 17.2 Å². The number of para-hydroxylation sites is 1. The molecule has 0 radical (unpaired) electrons. The highest BCUT2D eigenvalue weighted by Crippen LogP contribution is 2.30. The molecule has 0 fully saturated rings. The van der Waals surface area contributed by atoms with Crippen molar-refractivity contribution in [3.8, 4) is 22.8 Å². The van der Waals surface area contributed by atoms with Crippen LogP contribution in [0, 0.1) is 5.82 Å². The van der Waals surface area contributed by atoms with Crippen molar-refractivity contribution in [1.29, 1.82) is 0 Å². The summed E-state index contributed by atoms with van der Waals surface area (Å²) in [6, 6.07) is 21.6. The van der Waals surface area contributed by atoms with Gasteiger partial charge in [-0.05, 0) is 61.0 Å². The minimum Gasteiger partial charge on any atom is -0.457 e. The number of rotatable bonds is 6. The third kappa shape index (κ3) is 3.93. The fourth-order valence-electron chi connectivity index (χ4n) is 2.93. The Morgan fingerprint density at radius 1 is 0.857 bits per heavy atom. The van der Waals surface area contributed by atoms with Crippen LogP contribution < -0.4 is 10.1 Å². The van der Waals surface area contributed by atoms with E-state index < -0.39 is 0 Å². The van der Waals surface area contributed by atoms with Gasteiger partial charge in [-0.1, -0.05) is 25.1 Å². The number of aromatic nitrogens is 2. The molecule has 3 aromatic carbocycles. The molecule has 28 heavy (non-hydrogen) atoms. The number of hydrogen-bond donors (Lipinski definition) is 1. The second kappa shape index (κ2) is 8.05. The maximum atomic E-state index is 13.0. The van der Waals surface area contributed by atoms with Gasteiger partial charge in [0.05, 0.1) is 11.2 Å². The molecule has 0 atom stereocenters. The number of fused-ring (bicyclic) bond motifs is 1. The summed E-state index contributed by atoms with van der Waals surface area (Å²) >= 11 is 0. The van der Waals surface area contributed by atoms with Crippen LogP contribution in [0.5, 0.6) is 11.5 Å². The van der Waals surface area contributed by atoms with Crippen LogP contribution in [0.4, 0.5) is 10.3 Å². The molecule has 0 amide bonds. The minimum atomic E-state index is -0.286. The molecular weight excluding hydrogens is 353 g/mol. The predicted molar refractivity (Wildman–Crippen MR) is 110 cm³/mol. The summed E-state index contributed by atoms with van der Waals surface area (Å²) in [4.78, 5) is 9.33. The van der Waals surface area contributed by atoms with Crippen molar-refractivity contribution in [3.63, 3.8) is 0 Å². The van der Waals surface area contributed by atoms with Gasteiger partial charge in [-0.2, -0.15) is 0 Å². The van der Waals surface area contributed by atoms with Crippen LogP contribution in [0.1, 0.15) is 13.3 Å². The number of nitrogens with one attached hydrogen (secondary N) is 1. The number of hydrogen-bond acceptors (Lipinski definition) is 4. The molecule has 4 rings (SSSR count). The highest BCUT2D eigenvalue weighted by Gasteiger charge is 2.10. The Hall–Kier alpha value is -3.47. The standard InChI is InChI=1S/C23H20FN3O/c1-2-15-25-23-26-21-6-4-3-5-20(21)22(27-23)16-7-11-18(12-8-16)28-19-13-9-17(24)10-14-19/h3-14H,2,15H2,1H3,(H,25,26,27). The number of benzene rings is 3. The lowest BCUT2D eigenvalue weighted by Gasteiger charge is -2.11. The Kier molecular flexibility index (Phi) is 5.15. The first kappa shape index (κ1) is 17.9. The zero-order chi connectivity index (χ0) is 19.3. The summed E-state index contributed by atoms with van der Waals surface area (Å²) in [5, 5.41) is 4.26. The van der Waals surface area contributed by atoms with Gasteiger partial charge >= 0.3 is 0 Å². The fraction of sp³-hybridized carbons (Fsp3) is 0.130. The average Bonchev–Trinajstić information content (AvgIpc) is 2.74. The molecule has 0 aliphatic carbocycles. The van der Waals surface area contributed by atoms with Gasteiger partial charge in [-0.15, -0.1) is 0 Å². The van der Waals surface area contributed by atoms with Crippen molar-refractivity contribution in [2.24, 2.45) is 0 Å². The van der Waals surface area contributed by atoms with Crippen LogP contribution in [0.2, 0.25) is 0 Å². The normalized spacial score (nSPS) is 10.8. The average molecular weight is 373 g/mol. The van der Waals surface area contributed by atoms with Gasteiger partial charge in [0.25, 0.3) is 0 Å². The largest absolute Gasteiger partial charge is 0.457 e. The molecule has 1 heterocycles.